The molecular weight excluding hydrogens is 402 g/mol. The third kappa shape index (κ3) is 3.90. The summed E-state index contributed by atoms with van der Waals surface area (Å²) in [6, 6.07) is 10.7. The van der Waals surface area contributed by atoms with Gasteiger partial charge in [-0.05, 0) is 30.3 Å². The Morgan fingerprint density at radius 1 is 1.31 bits per heavy atom. The maximum atomic E-state index is 9.32. The van der Waals surface area contributed by atoms with E-state index in [0.29, 0.717) is 23.7 Å². The number of aliphatic hydroxyl groups is 1. The van der Waals surface area contributed by atoms with E-state index in [9.17, 15) is 5.26 Å². The van der Waals surface area contributed by atoms with Crippen LogP contribution >= 0.6 is 15.9 Å². The first-order chi connectivity index (χ1) is 12.6. The van der Waals surface area contributed by atoms with Crippen LogP contribution in [0.1, 0.15) is 17.4 Å². The van der Waals surface area contributed by atoms with Gasteiger partial charge in [-0.1, -0.05) is 15.9 Å². The molecule has 0 aliphatic carbocycles. The van der Waals surface area contributed by atoms with Crippen LogP contribution in [0.2, 0.25) is 0 Å². The molecule has 134 valence electrons. The number of pyridine rings is 1. The highest BCUT2D eigenvalue weighted by Crippen LogP contribution is 2.35. The molecule has 1 aliphatic rings. The van der Waals surface area contributed by atoms with Crippen molar-refractivity contribution in [1.29, 1.82) is 5.26 Å². The average Bonchev–Trinajstić information content (AvgIpc) is 3.18. The van der Waals surface area contributed by atoms with Crippen molar-refractivity contribution in [3.63, 3.8) is 0 Å². The molecule has 0 bridgehead atoms. The van der Waals surface area contributed by atoms with E-state index in [0.717, 1.165) is 10.0 Å². The number of benzene rings is 1. The topological polar surface area (TPSA) is 87.8 Å². The number of halogens is 1. The molecular formula is C18H16BrN3O4. The van der Waals surface area contributed by atoms with Gasteiger partial charge in [0.1, 0.15) is 35.7 Å². The smallest absolute Gasteiger partial charge is 0.267 e. The van der Waals surface area contributed by atoms with Crippen molar-refractivity contribution >= 4 is 21.7 Å². The van der Waals surface area contributed by atoms with Gasteiger partial charge in [0, 0.05) is 18.1 Å². The van der Waals surface area contributed by atoms with Crippen LogP contribution in [0.3, 0.4) is 0 Å². The van der Waals surface area contributed by atoms with E-state index < -0.39 is 6.29 Å². The van der Waals surface area contributed by atoms with Gasteiger partial charge in [0.25, 0.3) is 6.29 Å². The summed E-state index contributed by atoms with van der Waals surface area (Å²) in [5.41, 5.74) is 1.06. The first-order valence-electron chi connectivity index (χ1n) is 7.78. The Hall–Kier alpha value is -2.76. The van der Waals surface area contributed by atoms with Gasteiger partial charge >= 0.3 is 0 Å². The molecule has 26 heavy (non-hydrogen) atoms. The standard InChI is InChI=1S/C18H16BrN3O4/c1-22(6-7-23)16-5-2-12(11-20)17(21-16)26-13-3-4-15(19)14(10-13)18-24-8-9-25-18/h2-5,8-10,18,23H,6-7H2,1H3. The number of nitrogens with zero attached hydrogens (tertiary/aromatic N) is 3. The zero-order valence-electron chi connectivity index (χ0n) is 13.9. The van der Waals surface area contributed by atoms with Gasteiger partial charge in [-0.25, -0.2) is 0 Å². The number of nitriles is 1. The Morgan fingerprint density at radius 3 is 2.77 bits per heavy atom. The number of hydrogen-bond donors (Lipinski definition) is 1. The van der Waals surface area contributed by atoms with Crippen molar-refractivity contribution in [3.05, 3.63) is 58.5 Å². The van der Waals surface area contributed by atoms with Crippen LogP contribution in [-0.4, -0.2) is 30.3 Å². The number of likely N-dealkylation sites (N-methyl/N-ethyl adjacent to an activating group) is 1. The van der Waals surface area contributed by atoms with Crippen LogP contribution in [0.4, 0.5) is 5.82 Å². The fraction of sp³-hybridized carbons (Fsp3) is 0.222. The molecule has 8 heteroatoms. The van der Waals surface area contributed by atoms with Gasteiger partial charge in [0.05, 0.1) is 12.2 Å². The molecule has 0 saturated carbocycles. The first-order valence-corrected chi connectivity index (χ1v) is 8.58. The number of anilines is 1. The molecule has 0 saturated heterocycles. The Balaban J connectivity index is 1.89. The zero-order chi connectivity index (χ0) is 18.5. The predicted molar refractivity (Wildman–Crippen MR) is 97.6 cm³/mol. The molecule has 1 aliphatic heterocycles. The summed E-state index contributed by atoms with van der Waals surface area (Å²) in [6.45, 7) is 0.421. The van der Waals surface area contributed by atoms with E-state index >= 15 is 0 Å². The molecule has 0 amide bonds. The molecule has 1 N–H and O–H groups in total. The van der Waals surface area contributed by atoms with Gasteiger partial charge < -0.3 is 24.2 Å². The van der Waals surface area contributed by atoms with Gasteiger partial charge in [-0.2, -0.15) is 10.2 Å². The maximum Gasteiger partial charge on any atom is 0.267 e. The van der Waals surface area contributed by atoms with Crippen LogP contribution in [0.25, 0.3) is 0 Å². The molecule has 0 spiro atoms. The molecule has 0 atom stereocenters. The first kappa shape index (κ1) is 18.0. The number of ether oxygens (including phenoxy) is 3. The third-order valence-corrected chi connectivity index (χ3v) is 4.41. The van der Waals surface area contributed by atoms with Gasteiger partial charge in [-0.15, -0.1) is 0 Å². The van der Waals surface area contributed by atoms with Crippen molar-refractivity contribution in [1.82, 2.24) is 4.98 Å². The molecule has 0 radical (unpaired) electrons. The van der Waals surface area contributed by atoms with Gasteiger partial charge in [-0.3, -0.25) is 0 Å². The molecule has 0 fully saturated rings. The second-order valence-corrected chi connectivity index (χ2v) is 6.30. The zero-order valence-corrected chi connectivity index (χ0v) is 15.5. The lowest BCUT2D eigenvalue weighted by atomic mass is 10.2. The van der Waals surface area contributed by atoms with E-state index in [4.69, 9.17) is 19.3 Å². The minimum Gasteiger partial charge on any atom is -0.455 e. The number of aliphatic hydroxyl groups excluding tert-OH is 1. The third-order valence-electron chi connectivity index (χ3n) is 3.69. The van der Waals surface area contributed by atoms with Crippen LogP contribution in [-0.2, 0) is 9.47 Å². The van der Waals surface area contributed by atoms with Crippen LogP contribution in [0, 0.1) is 11.3 Å². The van der Waals surface area contributed by atoms with Crippen molar-refractivity contribution in [2.24, 2.45) is 0 Å². The van der Waals surface area contributed by atoms with Crippen molar-refractivity contribution in [2.45, 2.75) is 6.29 Å². The van der Waals surface area contributed by atoms with E-state index in [-0.39, 0.29) is 12.5 Å². The minimum absolute atomic E-state index is 0.000131. The monoisotopic (exact) mass is 417 g/mol. The second-order valence-electron chi connectivity index (χ2n) is 5.44. The Morgan fingerprint density at radius 2 is 2.08 bits per heavy atom. The second kappa shape index (κ2) is 8.08. The minimum atomic E-state index is -0.557. The Labute approximate surface area is 159 Å². The van der Waals surface area contributed by atoms with Crippen LogP contribution in [0.15, 0.2) is 47.3 Å². The lowest BCUT2D eigenvalue weighted by Gasteiger charge is -2.18. The van der Waals surface area contributed by atoms with E-state index in [1.54, 1.807) is 36.2 Å². The average molecular weight is 418 g/mol. The molecule has 7 nitrogen and oxygen atoms in total. The summed E-state index contributed by atoms with van der Waals surface area (Å²) in [4.78, 5) is 6.16. The molecule has 1 aromatic heterocycles. The lowest BCUT2D eigenvalue weighted by molar-refractivity contribution is -0.0252. The summed E-state index contributed by atoms with van der Waals surface area (Å²) in [5.74, 6) is 1.28. The fourth-order valence-corrected chi connectivity index (χ4v) is 2.77. The van der Waals surface area contributed by atoms with Crippen molar-refractivity contribution in [3.8, 4) is 17.7 Å². The van der Waals surface area contributed by atoms with Crippen molar-refractivity contribution in [2.75, 3.05) is 25.1 Å². The largest absolute Gasteiger partial charge is 0.455 e. The summed E-state index contributed by atoms with van der Waals surface area (Å²) in [7, 11) is 1.80. The van der Waals surface area contributed by atoms with E-state index in [2.05, 4.69) is 27.0 Å². The molecule has 3 rings (SSSR count). The van der Waals surface area contributed by atoms with Crippen LogP contribution < -0.4 is 9.64 Å². The predicted octanol–water partition coefficient (Wildman–Crippen LogP) is 3.45. The van der Waals surface area contributed by atoms with Crippen LogP contribution in [0.5, 0.6) is 11.6 Å². The van der Waals surface area contributed by atoms with Gasteiger partial charge in [0.2, 0.25) is 5.88 Å². The number of aromatic nitrogens is 1. The molecule has 1 aromatic carbocycles. The summed E-state index contributed by atoms with van der Waals surface area (Å²) < 4.78 is 17.4. The normalized spacial score (nSPS) is 13.0. The highest BCUT2D eigenvalue weighted by molar-refractivity contribution is 9.10. The van der Waals surface area contributed by atoms with E-state index in [1.807, 2.05) is 6.07 Å². The van der Waals surface area contributed by atoms with E-state index in [1.165, 1.54) is 12.5 Å². The quantitative estimate of drug-likeness (QED) is 0.769. The maximum absolute atomic E-state index is 9.32. The SMILES string of the molecule is CN(CCO)c1ccc(C#N)c(Oc2ccc(Br)c(C3OC=CO3)c2)n1. The highest BCUT2D eigenvalue weighted by atomic mass is 79.9. The number of rotatable bonds is 6. The lowest BCUT2D eigenvalue weighted by Crippen LogP contribution is -2.22. The molecule has 0 unspecified atom stereocenters. The summed E-state index contributed by atoms with van der Waals surface area (Å²) >= 11 is 3.46. The van der Waals surface area contributed by atoms with Crippen molar-refractivity contribution < 1.29 is 19.3 Å². The highest BCUT2D eigenvalue weighted by Gasteiger charge is 2.20. The summed E-state index contributed by atoms with van der Waals surface area (Å²) in [5, 5.41) is 18.4. The fourth-order valence-electron chi connectivity index (χ4n) is 2.33. The molecule has 2 heterocycles. The Bertz CT molecular complexity index is 858. The van der Waals surface area contributed by atoms with Gasteiger partial charge in [0.15, 0.2) is 0 Å². The molecule has 2 aromatic rings. The summed E-state index contributed by atoms with van der Waals surface area (Å²) in [6.07, 6.45) is 2.39. The number of hydrogen-bond acceptors (Lipinski definition) is 7. The Kier molecular flexibility index (Phi) is 5.61.